The van der Waals surface area contributed by atoms with Gasteiger partial charge in [0.2, 0.25) is 0 Å². The fourth-order valence-electron chi connectivity index (χ4n) is 5.92. The van der Waals surface area contributed by atoms with Gasteiger partial charge in [0.25, 0.3) is 0 Å². The summed E-state index contributed by atoms with van der Waals surface area (Å²) in [4.78, 5) is 8.04. The van der Waals surface area contributed by atoms with Gasteiger partial charge in [-0.3, -0.25) is 14.7 Å². The van der Waals surface area contributed by atoms with Crippen LogP contribution >= 0.6 is 0 Å². The van der Waals surface area contributed by atoms with Gasteiger partial charge in [0.15, 0.2) is 0 Å². The lowest BCUT2D eigenvalue weighted by molar-refractivity contribution is -0.0741. The molecule has 28 heavy (non-hydrogen) atoms. The minimum Gasteiger partial charge on any atom is -0.379 e. The van der Waals surface area contributed by atoms with Crippen LogP contribution in [0, 0.1) is 11.8 Å². The molecule has 2 heterocycles. The van der Waals surface area contributed by atoms with E-state index in [4.69, 9.17) is 9.47 Å². The summed E-state index contributed by atoms with van der Waals surface area (Å²) in [5.41, 5.74) is 2.59. The van der Waals surface area contributed by atoms with Crippen molar-refractivity contribution in [2.45, 2.75) is 24.7 Å². The fourth-order valence-corrected chi connectivity index (χ4v) is 5.92. The molecule has 0 bridgehead atoms. The van der Waals surface area contributed by atoms with Gasteiger partial charge in [-0.1, -0.05) is 36.9 Å². The van der Waals surface area contributed by atoms with Gasteiger partial charge in [0.05, 0.1) is 26.4 Å². The van der Waals surface area contributed by atoms with Crippen LogP contribution in [0.4, 0.5) is 0 Å². The molecule has 1 aromatic rings. The predicted molar refractivity (Wildman–Crippen MR) is 111 cm³/mol. The smallest absolute Gasteiger partial charge is 0.0594 e. The van der Waals surface area contributed by atoms with E-state index >= 15 is 0 Å². The van der Waals surface area contributed by atoms with Gasteiger partial charge in [0.1, 0.15) is 0 Å². The van der Waals surface area contributed by atoms with Crippen molar-refractivity contribution in [2.24, 2.45) is 11.8 Å². The first-order chi connectivity index (χ1) is 13.8. The number of rotatable bonds is 6. The standard InChI is InChI=1S/C23H33N3O2/c1-3-17-4-6-18(7-5-17)16-24(2)21-19-20(21)23(26-10-14-28-15-11-26)22(19)25-8-12-27-13-9-25/h3-7,19-23H,1,8-16H2,2H3. The molecule has 4 atom stereocenters. The first-order valence-corrected chi connectivity index (χ1v) is 10.8. The summed E-state index contributed by atoms with van der Waals surface area (Å²) in [7, 11) is 2.32. The number of nitrogens with zero attached hydrogens (tertiary/aromatic N) is 3. The highest BCUT2D eigenvalue weighted by molar-refractivity contribution is 5.47. The Hall–Kier alpha value is -1.24. The molecule has 0 amide bonds. The zero-order valence-electron chi connectivity index (χ0n) is 17.0. The fraction of sp³-hybridized carbons (Fsp3) is 0.652. The first kappa shape index (κ1) is 18.8. The zero-order valence-corrected chi connectivity index (χ0v) is 17.0. The third kappa shape index (κ3) is 3.33. The van der Waals surface area contributed by atoms with E-state index in [-0.39, 0.29) is 0 Å². The molecule has 2 aliphatic carbocycles. The molecule has 4 fully saturated rings. The normalized spacial score (nSPS) is 36.0. The first-order valence-electron chi connectivity index (χ1n) is 10.8. The predicted octanol–water partition coefficient (Wildman–Crippen LogP) is 1.79. The highest BCUT2D eigenvalue weighted by Gasteiger charge is 2.72. The van der Waals surface area contributed by atoms with Crippen LogP contribution in [0.15, 0.2) is 30.8 Å². The van der Waals surface area contributed by atoms with Gasteiger partial charge in [0, 0.05) is 50.8 Å². The molecule has 152 valence electrons. The molecule has 2 aliphatic heterocycles. The maximum Gasteiger partial charge on any atom is 0.0594 e. The van der Waals surface area contributed by atoms with E-state index < -0.39 is 0 Å². The van der Waals surface area contributed by atoms with Crippen LogP contribution < -0.4 is 0 Å². The van der Waals surface area contributed by atoms with Crippen LogP contribution in [0.2, 0.25) is 0 Å². The van der Waals surface area contributed by atoms with Gasteiger partial charge in [-0.2, -0.15) is 0 Å². The lowest BCUT2D eigenvalue weighted by atomic mass is 9.83. The highest BCUT2D eigenvalue weighted by Crippen LogP contribution is 2.62. The van der Waals surface area contributed by atoms with Crippen molar-refractivity contribution in [3.63, 3.8) is 0 Å². The van der Waals surface area contributed by atoms with E-state index in [1.165, 1.54) is 11.1 Å². The largest absolute Gasteiger partial charge is 0.379 e. The Kier molecular flexibility index (Phi) is 5.28. The second-order valence-corrected chi connectivity index (χ2v) is 8.78. The van der Waals surface area contributed by atoms with Crippen LogP contribution in [0.3, 0.4) is 0 Å². The molecule has 4 aliphatic rings. The maximum absolute atomic E-state index is 5.63. The van der Waals surface area contributed by atoms with E-state index in [1.807, 2.05) is 6.08 Å². The molecule has 0 radical (unpaired) electrons. The molecule has 2 saturated heterocycles. The summed E-state index contributed by atoms with van der Waals surface area (Å²) < 4.78 is 11.3. The Morgan fingerprint density at radius 3 is 1.89 bits per heavy atom. The molecule has 5 nitrogen and oxygen atoms in total. The Labute approximate surface area is 168 Å². The molecule has 0 aromatic heterocycles. The van der Waals surface area contributed by atoms with E-state index in [1.54, 1.807) is 0 Å². The van der Waals surface area contributed by atoms with Crippen LogP contribution in [0.1, 0.15) is 11.1 Å². The maximum atomic E-state index is 5.63. The number of fused-ring (bicyclic) bond motifs is 1. The minimum absolute atomic E-state index is 0.697. The molecule has 1 aromatic carbocycles. The Balaban J connectivity index is 1.28. The van der Waals surface area contributed by atoms with Gasteiger partial charge in [-0.15, -0.1) is 0 Å². The van der Waals surface area contributed by atoms with Crippen molar-refractivity contribution in [3.8, 4) is 0 Å². The third-order valence-electron chi connectivity index (χ3n) is 7.32. The summed E-state index contributed by atoms with van der Waals surface area (Å²) in [5, 5.41) is 0. The molecule has 0 spiro atoms. The summed E-state index contributed by atoms with van der Waals surface area (Å²) in [5.74, 6) is 1.65. The number of hydrogen-bond donors (Lipinski definition) is 0. The van der Waals surface area contributed by atoms with E-state index in [0.29, 0.717) is 18.1 Å². The van der Waals surface area contributed by atoms with E-state index in [2.05, 4.69) is 52.6 Å². The SMILES string of the molecule is C=Cc1ccc(CN(C)C2C3C2C(N2CCOCC2)C3N2CCOCC2)cc1. The minimum atomic E-state index is 0.697. The zero-order chi connectivity index (χ0) is 19.1. The van der Waals surface area contributed by atoms with E-state index in [0.717, 1.165) is 71.0 Å². The summed E-state index contributed by atoms with van der Waals surface area (Å²) in [6.45, 7) is 12.8. The number of morpholine rings is 2. The van der Waals surface area contributed by atoms with Gasteiger partial charge in [-0.25, -0.2) is 0 Å². The van der Waals surface area contributed by atoms with Crippen molar-refractivity contribution in [3.05, 3.63) is 42.0 Å². The lowest BCUT2D eigenvalue weighted by Crippen LogP contribution is -2.63. The topological polar surface area (TPSA) is 28.2 Å². The quantitative estimate of drug-likeness (QED) is 0.747. The summed E-state index contributed by atoms with van der Waals surface area (Å²) in [6, 6.07) is 10.9. The lowest BCUT2D eigenvalue weighted by Gasteiger charge is -2.50. The van der Waals surface area contributed by atoms with E-state index in [9.17, 15) is 0 Å². The highest BCUT2D eigenvalue weighted by atomic mass is 16.5. The molecule has 5 heteroatoms. The summed E-state index contributed by atoms with van der Waals surface area (Å²) >= 11 is 0. The number of benzene rings is 1. The molecule has 4 unspecified atom stereocenters. The molecule has 5 rings (SSSR count). The molecular weight excluding hydrogens is 350 g/mol. The second kappa shape index (κ2) is 7.88. The molecule has 0 N–H and O–H groups in total. The van der Waals surface area contributed by atoms with Crippen LogP contribution in [0.5, 0.6) is 0 Å². The monoisotopic (exact) mass is 383 g/mol. The Morgan fingerprint density at radius 1 is 0.929 bits per heavy atom. The summed E-state index contributed by atoms with van der Waals surface area (Å²) in [6.07, 6.45) is 1.91. The second-order valence-electron chi connectivity index (χ2n) is 8.78. The van der Waals surface area contributed by atoms with Gasteiger partial charge in [-0.05, 0) is 30.0 Å². The Bertz CT molecular complexity index is 652. The van der Waals surface area contributed by atoms with Crippen molar-refractivity contribution in [2.75, 3.05) is 59.7 Å². The Morgan fingerprint density at radius 2 is 1.43 bits per heavy atom. The van der Waals surface area contributed by atoms with Gasteiger partial charge < -0.3 is 9.47 Å². The third-order valence-corrected chi connectivity index (χ3v) is 7.32. The average molecular weight is 384 g/mol. The van der Waals surface area contributed by atoms with Crippen LogP contribution in [0.25, 0.3) is 6.08 Å². The average Bonchev–Trinajstić information content (AvgIpc) is 3.37. The van der Waals surface area contributed by atoms with Crippen molar-refractivity contribution in [1.82, 2.24) is 14.7 Å². The number of hydrogen-bond acceptors (Lipinski definition) is 5. The van der Waals surface area contributed by atoms with Crippen LogP contribution in [-0.2, 0) is 16.0 Å². The van der Waals surface area contributed by atoms with Crippen molar-refractivity contribution in [1.29, 1.82) is 0 Å². The number of ether oxygens (including phenoxy) is 2. The molecular formula is C23H33N3O2. The van der Waals surface area contributed by atoms with Crippen LogP contribution in [-0.4, -0.2) is 92.5 Å². The molecule has 2 saturated carbocycles. The van der Waals surface area contributed by atoms with Gasteiger partial charge >= 0.3 is 0 Å². The van der Waals surface area contributed by atoms with Crippen molar-refractivity contribution >= 4 is 6.08 Å². The van der Waals surface area contributed by atoms with Crippen molar-refractivity contribution < 1.29 is 9.47 Å².